The molecular weight excluding hydrogens is 238 g/mol. The molecular formula is C11H19N3O2S. The highest BCUT2D eigenvalue weighted by molar-refractivity contribution is 7.98. The van der Waals surface area contributed by atoms with Gasteiger partial charge in [0.25, 0.3) is 0 Å². The molecule has 0 saturated carbocycles. The Bertz CT molecular complexity index is 379. The number of hydrogen-bond donors (Lipinski definition) is 2. The highest BCUT2D eigenvalue weighted by Gasteiger charge is 2.14. The third-order valence-electron chi connectivity index (χ3n) is 2.49. The molecule has 0 unspecified atom stereocenters. The average Bonchev–Trinajstić information content (AvgIpc) is 2.67. The van der Waals surface area contributed by atoms with Gasteiger partial charge in [-0.3, -0.25) is 10.2 Å². The predicted octanol–water partition coefficient (Wildman–Crippen LogP) is 0.986. The number of nitrogens with zero attached hydrogens (tertiary/aromatic N) is 1. The Hall–Kier alpha value is -0.980. The van der Waals surface area contributed by atoms with Crippen molar-refractivity contribution >= 4 is 17.7 Å². The summed E-state index contributed by atoms with van der Waals surface area (Å²) in [5, 5.41) is 0. The number of carbonyl (C=O) groups is 1. The summed E-state index contributed by atoms with van der Waals surface area (Å²) < 4.78 is 5.35. The summed E-state index contributed by atoms with van der Waals surface area (Å²) in [4.78, 5) is 13.5. The number of nitrogen functional groups attached to an aromatic ring is 1. The summed E-state index contributed by atoms with van der Waals surface area (Å²) >= 11 is 1.81. The lowest BCUT2D eigenvalue weighted by molar-refractivity contribution is 0.0924. The second-order valence-electron chi connectivity index (χ2n) is 3.90. The van der Waals surface area contributed by atoms with Crippen LogP contribution in [-0.4, -0.2) is 36.4 Å². The number of aryl methyl sites for hydroxylation is 1. The molecule has 1 rings (SSSR count). The molecule has 96 valence electrons. The van der Waals surface area contributed by atoms with E-state index < -0.39 is 5.91 Å². The molecule has 0 fully saturated rings. The minimum Gasteiger partial charge on any atom is -0.456 e. The van der Waals surface area contributed by atoms with Crippen molar-refractivity contribution < 1.29 is 9.21 Å². The van der Waals surface area contributed by atoms with Crippen LogP contribution in [0.15, 0.2) is 10.5 Å². The maximum Gasteiger partial charge on any atom is 0.300 e. The fourth-order valence-electron chi connectivity index (χ4n) is 1.48. The Morgan fingerprint density at radius 2 is 2.35 bits per heavy atom. The van der Waals surface area contributed by atoms with E-state index in [0.29, 0.717) is 0 Å². The van der Waals surface area contributed by atoms with Crippen LogP contribution in [0, 0.1) is 6.92 Å². The lowest BCUT2D eigenvalue weighted by Crippen LogP contribution is -2.29. The van der Waals surface area contributed by atoms with E-state index in [-0.39, 0.29) is 5.76 Å². The third-order valence-corrected chi connectivity index (χ3v) is 3.08. The third kappa shape index (κ3) is 4.07. The van der Waals surface area contributed by atoms with Gasteiger partial charge in [-0.25, -0.2) is 5.84 Å². The highest BCUT2D eigenvalue weighted by atomic mass is 32.2. The summed E-state index contributed by atoms with van der Waals surface area (Å²) in [6.45, 7) is 3.63. The number of hydrogen-bond acceptors (Lipinski definition) is 5. The van der Waals surface area contributed by atoms with Crippen LogP contribution in [0.1, 0.15) is 21.9 Å². The van der Waals surface area contributed by atoms with E-state index in [1.165, 1.54) is 0 Å². The number of nitrogens with two attached hydrogens (primary N) is 1. The van der Waals surface area contributed by atoms with Crippen molar-refractivity contribution in [2.45, 2.75) is 13.5 Å². The fourth-order valence-corrected chi connectivity index (χ4v) is 1.97. The molecule has 0 radical (unpaired) electrons. The van der Waals surface area contributed by atoms with Crippen molar-refractivity contribution in [1.29, 1.82) is 0 Å². The molecule has 1 aromatic rings. The molecule has 6 heteroatoms. The Morgan fingerprint density at radius 1 is 1.65 bits per heavy atom. The molecule has 5 nitrogen and oxygen atoms in total. The van der Waals surface area contributed by atoms with Gasteiger partial charge in [0.1, 0.15) is 5.76 Å². The average molecular weight is 257 g/mol. The van der Waals surface area contributed by atoms with Gasteiger partial charge in [-0.2, -0.15) is 11.8 Å². The van der Waals surface area contributed by atoms with Gasteiger partial charge in [0.2, 0.25) is 0 Å². The van der Waals surface area contributed by atoms with Crippen LogP contribution in [0.25, 0.3) is 0 Å². The fraction of sp³-hybridized carbons (Fsp3) is 0.545. The molecule has 0 spiro atoms. The number of carbonyl (C=O) groups excluding carboxylic acids is 1. The largest absolute Gasteiger partial charge is 0.456 e. The summed E-state index contributed by atoms with van der Waals surface area (Å²) in [6.07, 6.45) is 2.08. The van der Waals surface area contributed by atoms with Gasteiger partial charge in [0, 0.05) is 24.4 Å². The Balaban J connectivity index is 2.65. The number of amides is 1. The van der Waals surface area contributed by atoms with Crippen molar-refractivity contribution in [3.8, 4) is 0 Å². The Kier molecular flexibility index (Phi) is 5.54. The van der Waals surface area contributed by atoms with Gasteiger partial charge in [-0.15, -0.1) is 0 Å². The van der Waals surface area contributed by atoms with Gasteiger partial charge in [-0.05, 0) is 26.3 Å². The zero-order chi connectivity index (χ0) is 12.8. The first-order valence-electron chi connectivity index (χ1n) is 5.36. The molecule has 17 heavy (non-hydrogen) atoms. The number of thioether (sulfide) groups is 1. The molecule has 0 aliphatic heterocycles. The van der Waals surface area contributed by atoms with E-state index in [0.717, 1.165) is 30.2 Å². The van der Waals surface area contributed by atoms with E-state index in [4.69, 9.17) is 10.3 Å². The van der Waals surface area contributed by atoms with Crippen LogP contribution >= 0.6 is 11.8 Å². The van der Waals surface area contributed by atoms with Crippen molar-refractivity contribution in [3.63, 3.8) is 0 Å². The summed E-state index contributed by atoms with van der Waals surface area (Å²) in [7, 11) is 2.05. The van der Waals surface area contributed by atoms with Crippen molar-refractivity contribution in [2.75, 3.05) is 25.6 Å². The zero-order valence-corrected chi connectivity index (χ0v) is 11.3. The van der Waals surface area contributed by atoms with E-state index in [1.54, 1.807) is 6.07 Å². The first kappa shape index (κ1) is 14.1. The first-order chi connectivity index (χ1) is 8.08. The van der Waals surface area contributed by atoms with Crippen LogP contribution in [0.2, 0.25) is 0 Å². The van der Waals surface area contributed by atoms with Gasteiger partial charge >= 0.3 is 5.91 Å². The number of furan rings is 1. The van der Waals surface area contributed by atoms with Crippen LogP contribution in [0.3, 0.4) is 0 Å². The molecule has 1 aromatic heterocycles. The Labute approximate surface area is 106 Å². The summed E-state index contributed by atoms with van der Waals surface area (Å²) in [5.41, 5.74) is 3.08. The van der Waals surface area contributed by atoms with E-state index >= 15 is 0 Å². The van der Waals surface area contributed by atoms with E-state index in [1.807, 2.05) is 25.7 Å². The second kappa shape index (κ2) is 6.68. The molecule has 0 aromatic carbocycles. The van der Waals surface area contributed by atoms with Crippen LogP contribution in [0.5, 0.6) is 0 Å². The monoisotopic (exact) mass is 257 g/mol. The van der Waals surface area contributed by atoms with Crippen LogP contribution < -0.4 is 11.3 Å². The normalized spacial score (nSPS) is 10.9. The number of nitrogens with one attached hydrogen (secondary N) is 1. The van der Waals surface area contributed by atoms with Crippen molar-refractivity contribution in [2.24, 2.45) is 5.84 Å². The predicted molar refractivity (Wildman–Crippen MR) is 69.8 cm³/mol. The summed E-state index contributed by atoms with van der Waals surface area (Å²) in [5.74, 6) is 6.77. The van der Waals surface area contributed by atoms with Gasteiger partial charge in [0.05, 0.1) is 0 Å². The number of rotatable bonds is 6. The molecule has 0 atom stereocenters. The minimum absolute atomic E-state index is 0.262. The van der Waals surface area contributed by atoms with Crippen LogP contribution in [-0.2, 0) is 6.54 Å². The Morgan fingerprint density at radius 3 is 2.94 bits per heavy atom. The SMILES string of the molecule is CSCCN(C)Cc1cc(C(=O)NN)oc1C. The molecule has 1 heterocycles. The molecule has 0 bridgehead atoms. The first-order valence-corrected chi connectivity index (χ1v) is 6.75. The minimum atomic E-state index is -0.397. The number of hydrazine groups is 1. The maximum atomic E-state index is 11.3. The van der Waals surface area contributed by atoms with E-state index in [9.17, 15) is 4.79 Å². The molecule has 0 aliphatic carbocycles. The van der Waals surface area contributed by atoms with E-state index in [2.05, 4.69) is 16.6 Å². The molecule has 0 aliphatic rings. The quantitative estimate of drug-likeness (QED) is 0.452. The second-order valence-corrected chi connectivity index (χ2v) is 4.88. The van der Waals surface area contributed by atoms with Crippen LogP contribution in [0.4, 0.5) is 0 Å². The molecule has 0 saturated heterocycles. The van der Waals surface area contributed by atoms with Crippen molar-refractivity contribution in [3.05, 3.63) is 23.2 Å². The zero-order valence-electron chi connectivity index (χ0n) is 10.4. The topological polar surface area (TPSA) is 71.5 Å². The highest BCUT2D eigenvalue weighted by Crippen LogP contribution is 2.16. The van der Waals surface area contributed by atoms with Gasteiger partial charge < -0.3 is 9.32 Å². The lowest BCUT2D eigenvalue weighted by atomic mass is 10.2. The smallest absolute Gasteiger partial charge is 0.300 e. The van der Waals surface area contributed by atoms with Gasteiger partial charge in [0.15, 0.2) is 5.76 Å². The van der Waals surface area contributed by atoms with Gasteiger partial charge in [-0.1, -0.05) is 0 Å². The lowest BCUT2D eigenvalue weighted by Gasteiger charge is -2.14. The molecule has 3 N–H and O–H groups in total. The molecule has 1 amide bonds. The van der Waals surface area contributed by atoms with Crippen molar-refractivity contribution in [1.82, 2.24) is 10.3 Å². The summed E-state index contributed by atoms with van der Waals surface area (Å²) in [6, 6.07) is 1.74. The standard InChI is InChI=1S/C11H19N3O2S/c1-8-9(7-14(2)4-5-17-3)6-10(16-8)11(15)13-12/h6H,4-5,7,12H2,1-3H3,(H,13,15). The maximum absolute atomic E-state index is 11.3.